The fourth-order valence-electron chi connectivity index (χ4n) is 0.342. The number of carbonyl (C=O) groups excluding carboxylic acids is 2. The lowest BCUT2D eigenvalue weighted by atomic mass is 10.5. The van der Waals surface area contributed by atoms with E-state index in [1.54, 1.807) is 0 Å². The van der Waals surface area contributed by atoms with E-state index < -0.39 is 12.9 Å². The van der Waals surface area contributed by atoms with Crippen LogP contribution >= 0.6 is 0 Å². The van der Waals surface area contributed by atoms with Gasteiger partial charge in [-0.1, -0.05) is 6.07 Å². The van der Waals surface area contributed by atoms with Gasteiger partial charge in [0.05, 0.1) is 0 Å². The summed E-state index contributed by atoms with van der Waals surface area (Å²) in [4.78, 5) is 19.4. The monoisotopic (exact) mass is 188 g/mol. The van der Waals surface area contributed by atoms with E-state index in [1.807, 2.05) is 30.6 Å². The van der Waals surface area contributed by atoms with Gasteiger partial charge in [-0.3, -0.25) is 0 Å². The second-order valence-electron chi connectivity index (χ2n) is 1.27. The zero-order valence-electron chi connectivity index (χ0n) is 7.17. The molecule has 0 aliphatic carbocycles. The molecule has 0 fully saturated rings. The van der Waals surface area contributed by atoms with Gasteiger partial charge in [-0.05, 0) is 0 Å². The minimum Gasteiger partial charge on any atom is -0.554 e. The first-order valence-electron chi connectivity index (χ1n) is 2.85. The van der Waals surface area contributed by atoms with Gasteiger partial charge in [-0.2, -0.15) is 0 Å². The van der Waals surface area contributed by atoms with Crippen LogP contribution in [-0.2, 0) is 9.59 Å². The summed E-state index contributed by atoms with van der Waals surface area (Å²) in [6.07, 6.45) is 3.75. The van der Waals surface area contributed by atoms with Gasteiger partial charge in [0, 0.05) is 25.1 Å². The number of aromatic nitrogens is 1. The molecule has 74 valence electrons. The van der Waals surface area contributed by atoms with Crippen molar-refractivity contribution in [3.63, 3.8) is 0 Å². The summed E-state index contributed by atoms with van der Waals surface area (Å²) < 4.78 is 0. The third kappa shape index (κ3) is 39.7. The van der Waals surface area contributed by atoms with Gasteiger partial charge in [0.1, 0.15) is 0 Å². The molecule has 0 aliphatic heterocycles. The smallest absolute Gasteiger partial charge is 0.166 e. The lowest BCUT2D eigenvalue weighted by Crippen LogP contribution is -2.01. The van der Waals surface area contributed by atoms with Gasteiger partial charge in [0.25, 0.3) is 0 Å². The Hall–Kier alpha value is -1.95. The van der Waals surface area contributed by atoms with Crippen LogP contribution in [0.25, 0.3) is 0 Å². The van der Waals surface area contributed by atoms with E-state index in [1.165, 1.54) is 0 Å². The number of hydrogen-bond acceptors (Lipinski definition) is 4. The Labute approximate surface area is 75.4 Å². The van der Waals surface area contributed by atoms with E-state index in [2.05, 4.69) is 4.98 Å². The Kier molecular flexibility index (Phi) is 29.8. The minimum atomic E-state index is -0.500. The second-order valence-corrected chi connectivity index (χ2v) is 1.27. The summed E-state index contributed by atoms with van der Waals surface area (Å²) in [5.41, 5.74) is 0. The number of pyridine rings is 1. The van der Waals surface area contributed by atoms with Crippen LogP contribution in [0.2, 0.25) is 0 Å². The summed E-state index contributed by atoms with van der Waals surface area (Å²) >= 11 is 0. The van der Waals surface area contributed by atoms with Gasteiger partial charge in [0.2, 0.25) is 0 Å². The van der Waals surface area contributed by atoms with Crippen LogP contribution in [0.15, 0.2) is 30.6 Å². The number of rotatable bonds is 0. The highest BCUT2D eigenvalue weighted by molar-refractivity contribution is 5.29. The molecule has 1 aromatic heterocycles. The highest BCUT2D eigenvalue weighted by Crippen LogP contribution is 1.68. The van der Waals surface area contributed by atoms with Crippen molar-refractivity contribution in [2.24, 2.45) is 0 Å². The molecule has 0 atom stereocenters. The molecule has 0 unspecified atom stereocenters. The number of carbonyl (C=O) groups is 2. The van der Waals surface area contributed by atoms with Crippen molar-refractivity contribution >= 4 is 12.9 Å². The Bertz CT molecular complexity index is 148. The standard InChI is InChI=1S/C5H5N.2CH2O2.H3N/c1-2-4-6-5-3-1;2*2-1-3;/h1-5H;2*1H,(H,2,3);1H3. The largest absolute Gasteiger partial charge is 0.554 e. The fraction of sp³-hybridized carbons (Fsp3) is 0. The maximum absolute atomic E-state index is 8.25. The highest BCUT2D eigenvalue weighted by Gasteiger charge is 1.65. The van der Waals surface area contributed by atoms with Crippen molar-refractivity contribution in [2.45, 2.75) is 0 Å². The van der Waals surface area contributed by atoms with Crippen molar-refractivity contribution < 1.29 is 24.8 Å². The topological polar surface area (TPSA) is 131 Å². The summed E-state index contributed by atoms with van der Waals surface area (Å²) in [5, 5.41) is 16.5. The van der Waals surface area contributed by atoms with E-state index in [4.69, 9.17) is 19.8 Å². The van der Waals surface area contributed by atoms with Crippen molar-refractivity contribution in [3.05, 3.63) is 30.6 Å². The molecule has 1 rings (SSSR count). The molecule has 5 N–H and O–H groups in total. The zero-order valence-corrected chi connectivity index (χ0v) is 7.17. The van der Waals surface area contributed by atoms with Gasteiger partial charge < -0.3 is 26.0 Å². The molecule has 1 aromatic rings. The van der Waals surface area contributed by atoms with E-state index in [0.717, 1.165) is 0 Å². The van der Waals surface area contributed by atoms with E-state index in [9.17, 15) is 0 Å². The Morgan fingerprint density at radius 1 is 0.923 bits per heavy atom. The summed E-state index contributed by atoms with van der Waals surface area (Å²) in [5.74, 6) is 0. The molecule has 0 bridgehead atoms. The Morgan fingerprint density at radius 2 is 1.23 bits per heavy atom. The van der Waals surface area contributed by atoms with Crippen LogP contribution in [0.3, 0.4) is 0 Å². The normalized spacial score (nSPS) is 5.54. The summed E-state index contributed by atoms with van der Waals surface area (Å²) in [6.45, 7) is -1.00. The van der Waals surface area contributed by atoms with Crippen LogP contribution in [0.1, 0.15) is 0 Å². The van der Waals surface area contributed by atoms with Crippen LogP contribution < -0.4 is 21.3 Å². The maximum Gasteiger partial charge on any atom is 0.166 e. The van der Waals surface area contributed by atoms with E-state index in [0.29, 0.717) is 0 Å². The number of aromatic amines is 1. The van der Waals surface area contributed by atoms with Crippen molar-refractivity contribution in [1.82, 2.24) is 6.15 Å². The minimum absolute atomic E-state index is 0. The van der Waals surface area contributed by atoms with E-state index in [-0.39, 0.29) is 6.15 Å². The molecule has 0 radical (unpaired) electrons. The first kappa shape index (κ1) is 17.2. The average Bonchev–Trinajstić information content (AvgIpc) is 2.10. The van der Waals surface area contributed by atoms with Crippen LogP contribution in [-0.4, -0.2) is 12.9 Å². The molecule has 0 saturated carbocycles. The van der Waals surface area contributed by atoms with Gasteiger partial charge >= 0.3 is 0 Å². The number of nitrogens with one attached hydrogen (secondary N) is 1. The molecule has 0 aliphatic rings. The number of carboxylic acid groups (broad SMARTS) is 2. The number of H-pyrrole nitrogens is 1. The molecule has 0 aromatic carbocycles. The third-order valence-corrected chi connectivity index (χ3v) is 0.607. The van der Waals surface area contributed by atoms with Crippen LogP contribution in [0, 0.1) is 0 Å². The molecule has 0 amide bonds. The molecular formula is C7H12N2O4. The van der Waals surface area contributed by atoms with E-state index >= 15 is 0 Å². The average molecular weight is 188 g/mol. The van der Waals surface area contributed by atoms with Crippen molar-refractivity contribution in [3.8, 4) is 0 Å². The maximum atomic E-state index is 8.25. The van der Waals surface area contributed by atoms with Crippen LogP contribution in [0.4, 0.5) is 0 Å². The fourth-order valence-corrected chi connectivity index (χ4v) is 0.342. The first-order chi connectivity index (χ1) is 5.83. The molecule has 13 heavy (non-hydrogen) atoms. The predicted octanol–water partition coefficient (Wildman–Crippen LogP) is -2.39. The zero-order chi connectivity index (χ0) is 9.66. The molecule has 6 heteroatoms. The van der Waals surface area contributed by atoms with Gasteiger partial charge in [0.15, 0.2) is 12.4 Å². The molecule has 0 saturated heterocycles. The summed E-state index contributed by atoms with van der Waals surface area (Å²) in [7, 11) is 0. The molecular weight excluding hydrogens is 176 g/mol. The highest BCUT2D eigenvalue weighted by atomic mass is 16.3. The molecule has 1 heterocycles. The first-order valence-corrected chi connectivity index (χ1v) is 2.85. The SMILES string of the molecule is O=C[O-].O=C[O-].[NH4+].c1cc[nH+]cc1. The number of hydrogen-bond donors (Lipinski definition) is 1. The Balaban J connectivity index is -0.000000126. The predicted molar refractivity (Wildman–Crippen MR) is 41.1 cm³/mol. The quantitative estimate of drug-likeness (QED) is 0.455. The lowest BCUT2D eigenvalue weighted by Gasteiger charge is -1.63. The van der Waals surface area contributed by atoms with Crippen LogP contribution in [0.5, 0.6) is 0 Å². The van der Waals surface area contributed by atoms with Crippen molar-refractivity contribution in [1.29, 1.82) is 0 Å². The van der Waals surface area contributed by atoms with Gasteiger partial charge in [-0.25, -0.2) is 4.98 Å². The third-order valence-electron chi connectivity index (χ3n) is 0.607. The second kappa shape index (κ2) is 22.5. The molecule has 0 spiro atoms. The Morgan fingerprint density at radius 3 is 1.31 bits per heavy atom. The van der Waals surface area contributed by atoms with Crippen molar-refractivity contribution in [2.75, 3.05) is 0 Å². The number of quaternary nitrogens is 1. The van der Waals surface area contributed by atoms with Gasteiger partial charge in [-0.15, -0.1) is 0 Å². The molecule has 6 nitrogen and oxygen atoms in total. The summed E-state index contributed by atoms with van der Waals surface area (Å²) in [6, 6.07) is 5.86. The lowest BCUT2D eigenvalue weighted by molar-refractivity contribution is -0.378.